The van der Waals surface area contributed by atoms with Gasteiger partial charge in [0.1, 0.15) is 12.1 Å². The molecule has 7 heteroatoms. The zero-order chi connectivity index (χ0) is 17.4. The highest BCUT2D eigenvalue weighted by molar-refractivity contribution is 5.92. The molecule has 0 spiro atoms. The molecule has 0 saturated carbocycles. The summed E-state index contributed by atoms with van der Waals surface area (Å²) in [6, 6.07) is -2.07. The molecule has 3 atom stereocenters. The van der Waals surface area contributed by atoms with Crippen LogP contribution in [0.5, 0.6) is 0 Å². The van der Waals surface area contributed by atoms with Crippen molar-refractivity contribution in [1.29, 1.82) is 0 Å². The first-order chi connectivity index (χ1) is 10.1. The molecule has 0 saturated heterocycles. The van der Waals surface area contributed by atoms with Gasteiger partial charge in [-0.05, 0) is 25.7 Å². The normalized spacial score (nSPS) is 15.0. The number of amides is 3. The first-order valence-corrected chi connectivity index (χ1v) is 7.73. The maximum absolute atomic E-state index is 12.3. The van der Waals surface area contributed by atoms with Crippen molar-refractivity contribution in [2.24, 2.45) is 17.4 Å². The van der Waals surface area contributed by atoms with E-state index in [0.717, 1.165) is 6.42 Å². The lowest BCUT2D eigenvalue weighted by molar-refractivity contribution is -0.140. The molecule has 0 aromatic carbocycles. The second-order valence-corrected chi connectivity index (χ2v) is 6.12. The quantitative estimate of drug-likeness (QED) is 0.554. The molecule has 0 aromatic rings. The molecule has 0 fully saturated rings. The lowest BCUT2D eigenvalue weighted by Crippen LogP contribution is -2.54. The van der Waals surface area contributed by atoms with E-state index in [1.807, 2.05) is 20.8 Å². The smallest absolute Gasteiger partial charge is 0.245 e. The summed E-state index contributed by atoms with van der Waals surface area (Å²) in [6.45, 7) is 7.42. The molecule has 0 aliphatic heterocycles. The fraction of sp³-hybridized carbons (Fsp3) is 0.800. The fourth-order valence-electron chi connectivity index (χ4n) is 2.26. The minimum atomic E-state index is -0.755. The number of hydrogen-bond acceptors (Lipinski definition) is 4. The second kappa shape index (κ2) is 9.40. The molecule has 0 heterocycles. The average Bonchev–Trinajstić information content (AvgIpc) is 2.41. The van der Waals surface area contributed by atoms with Crippen LogP contribution in [0.2, 0.25) is 0 Å². The van der Waals surface area contributed by atoms with Crippen LogP contribution < -0.4 is 16.8 Å². The number of rotatable bonds is 9. The van der Waals surface area contributed by atoms with Crippen LogP contribution in [0.25, 0.3) is 0 Å². The van der Waals surface area contributed by atoms with E-state index in [2.05, 4.69) is 5.32 Å². The van der Waals surface area contributed by atoms with Gasteiger partial charge < -0.3 is 21.7 Å². The molecule has 3 amide bonds. The summed E-state index contributed by atoms with van der Waals surface area (Å²) in [5.74, 6) is -0.984. The van der Waals surface area contributed by atoms with Gasteiger partial charge in [0.2, 0.25) is 17.7 Å². The van der Waals surface area contributed by atoms with Crippen LogP contribution >= 0.6 is 0 Å². The minimum absolute atomic E-state index is 0.290. The zero-order valence-electron chi connectivity index (χ0n) is 14.3. The Balaban J connectivity index is 4.70. The molecule has 0 aromatic heterocycles. The van der Waals surface area contributed by atoms with E-state index in [4.69, 9.17) is 11.5 Å². The Morgan fingerprint density at radius 2 is 1.73 bits per heavy atom. The molecule has 128 valence electrons. The van der Waals surface area contributed by atoms with E-state index >= 15 is 0 Å². The van der Waals surface area contributed by atoms with Crippen LogP contribution in [-0.4, -0.2) is 47.8 Å². The number of primary amides is 1. The molecule has 0 rings (SSSR count). The second-order valence-electron chi connectivity index (χ2n) is 6.12. The van der Waals surface area contributed by atoms with Gasteiger partial charge in [-0.2, -0.15) is 0 Å². The van der Waals surface area contributed by atoms with Gasteiger partial charge in [-0.1, -0.05) is 27.2 Å². The minimum Gasteiger partial charge on any atom is -0.368 e. The van der Waals surface area contributed by atoms with Crippen LogP contribution in [0.15, 0.2) is 0 Å². The summed E-state index contributed by atoms with van der Waals surface area (Å²) in [5, 5.41) is 2.59. The van der Waals surface area contributed by atoms with Crippen molar-refractivity contribution in [1.82, 2.24) is 10.2 Å². The number of nitrogens with one attached hydrogen (secondary N) is 1. The molecule has 0 aliphatic carbocycles. The van der Waals surface area contributed by atoms with Crippen LogP contribution in [-0.2, 0) is 14.4 Å². The summed E-state index contributed by atoms with van der Waals surface area (Å²) in [4.78, 5) is 37.0. The maximum Gasteiger partial charge on any atom is 0.245 e. The largest absolute Gasteiger partial charge is 0.368 e. The van der Waals surface area contributed by atoms with Gasteiger partial charge in [-0.25, -0.2) is 0 Å². The third-order valence-electron chi connectivity index (χ3n) is 3.50. The van der Waals surface area contributed by atoms with E-state index < -0.39 is 24.0 Å². The highest BCUT2D eigenvalue weighted by atomic mass is 16.2. The lowest BCUT2D eigenvalue weighted by atomic mass is 10.0. The Labute approximate surface area is 132 Å². The first kappa shape index (κ1) is 20.4. The van der Waals surface area contributed by atoms with Crippen molar-refractivity contribution in [2.75, 3.05) is 7.05 Å². The molecule has 2 unspecified atom stereocenters. The van der Waals surface area contributed by atoms with Crippen LogP contribution in [0.4, 0.5) is 0 Å². The summed E-state index contributed by atoms with van der Waals surface area (Å²) in [7, 11) is 1.52. The van der Waals surface area contributed by atoms with Crippen molar-refractivity contribution in [3.63, 3.8) is 0 Å². The van der Waals surface area contributed by atoms with Gasteiger partial charge in [0.25, 0.3) is 0 Å². The molecular weight excluding hydrogens is 284 g/mol. The molecule has 0 bridgehead atoms. The van der Waals surface area contributed by atoms with Crippen molar-refractivity contribution in [3.05, 3.63) is 0 Å². The third-order valence-corrected chi connectivity index (χ3v) is 3.50. The van der Waals surface area contributed by atoms with Gasteiger partial charge in [0.05, 0.1) is 6.04 Å². The first-order valence-electron chi connectivity index (χ1n) is 7.73. The SMILES string of the molecule is CCCC(C(N)=O)N(C)C(=O)C(C)NC(=O)[C@@H](N)CC(C)C. The predicted molar refractivity (Wildman–Crippen MR) is 85.7 cm³/mol. The maximum atomic E-state index is 12.3. The number of carbonyl (C=O) groups excluding carboxylic acids is 3. The van der Waals surface area contributed by atoms with Crippen molar-refractivity contribution >= 4 is 17.7 Å². The van der Waals surface area contributed by atoms with Crippen LogP contribution in [0.3, 0.4) is 0 Å². The number of likely N-dealkylation sites (N-methyl/N-ethyl adjacent to an activating group) is 1. The summed E-state index contributed by atoms with van der Waals surface area (Å²) in [5.41, 5.74) is 11.1. The van der Waals surface area contributed by atoms with E-state index in [9.17, 15) is 14.4 Å². The highest BCUT2D eigenvalue weighted by Crippen LogP contribution is 2.07. The van der Waals surface area contributed by atoms with Gasteiger partial charge >= 0.3 is 0 Å². The molecular formula is C15H30N4O3. The lowest BCUT2D eigenvalue weighted by Gasteiger charge is -2.28. The van der Waals surface area contributed by atoms with E-state index in [1.54, 1.807) is 6.92 Å². The molecule has 7 nitrogen and oxygen atoms in total. The van der Waals surface area contributed by atoms with Gasteiger partial charge in [0, 0.05) is 7.05 Å². The molecule has 0 aliphatic rings. The van der Waals surface area contributed by atoms with E-state index in [-0.39, 0.29) is 11.8 Å². The number of hydrogen-bond donors (Lipinski definition) is 3. The van der Waals surface area contributed by atoms with Gasteiger partial charge in [-0.3, -0.25) is 14.4 Å². The predicted octanol–water partition coefficient (Wildman–Crippen LogP) is -0.0231. The molecule has 5 N–H and O–H groups in total. The van der Waals surface area contributed by atoms with Gasteiger partial charge in [-0.15, -0.1) is 0 Å². The molecule has 0 radical (unpaired) electrons. The number of nitrogens with two attached hydrogens (primary N) is 2. The third kappa shape index (κ3) is 6.43. The summed E-state index contributed by atoms with van der Waals surface area (Å²) in [6.07, 6.45) is 1.76. The Kier molecular flexibility index (Phi) is 8.70. The standard InChI is InChI=1S/C15H30N4O3/c1-6-7-12(13(17)20)19(5)15(22)10(4)18-14(21)11(16)8-9(2)3/h9-12H,6-8,16H2,1-5H3,(H2,17,20)(H,18,21)/t10?,11-,12?/m0/s1. The van der Waals surface area contributed by atoms with Crippen molar-refractivity contribution < 1.29 is 14.4 Å². The average molecular weight is 314 g/mol. The Bertz CT molecular complexity index is 398. The van der Waals surface area contributed by atoms with Crippen LogP contribution in [0, 0.1) is 5.92 Å². The van der Waals surface area contributed by atoms with Gasteiger partial charge in [0.15, 0.2) is 0 Å². The Morgan fingerprint density at radius 1 is 1.18 bits per heavy atom. The van der Waals surface area contributed by atoms with Crippen molar-refractivity contribution in [2.45, 2.75) is 65.1 Å². The Morgan fingerprint density at radius 3 is 2.14 bits per heavy atom. The van der Waals surface area contributed by atoms with E-state index in [0.29, 0.717) is 18.8 Å². The van der Waals surface area contributed by atoms with E-state index in [1.165, 1.54) is 11.9 Å². The number of carbonyl (C=O) groups is 3. The monoisotopic (exact) mass is 314 g/mol. The number of nitrogens with zero attached hydrogens (tertiary/aromatic N) is 1. The fourth-order valence-corrected chi connectivity index (χ4v) is 2.26. The van der Waals surface area contributed by atoms with Crippen LogP contribution in [0.1, 0.15) is 47.0 Å². The van der Waals surface area contributed by atoms with Crippen molar-refractivity contribution in [3.8, 4) is 0 Å². The molecule has 22 heavy (non-hydrogen) atoms. The Hall–Kier alpha value is -1.63. The topological polar surface area (TPSA) is 119 Å². The highest BCUT2D eigenvalue weighted by Gasteiger charge is 2.29. The summed E-state index contributed by atoms with van der Waals surface area (Å²) >= 11 is 0. The zero-order valence-corrected chi connectivity index (χ0v) is 14.3. The summed E-state index contributed by atoms with van der Waals surface area (Å²) < 4.78 is 0.